The molecule has 0 atom stereocenters. The molecule has 1 heterocycles. The van der Waals surface area contributed by atoms with Crippen LogP contribution in [0.15, 0.2) is 6.20 Å². The zero-order chi connectivity index (χ0) is 10.7. The van der Waals surface area contributed by atoms with Gasteiger partial charge in [-0.1, -0.05) is 0 Å². The third-order valence-corrected chi connectivity index (χ3v) is 1.92. The van der Waals surface area contributed by atoms with Crippen LogP contribution in [0.25, 0.3) is 0 Å². The predicted octanol–water partition coefficient (Wildman–Crippen LogP) is 1.66. The van der Waals surface area contributed by atoms with E-state index in [1.54, 1.807) is 6.07 Å². The van der Waals surface area contributed by atoms with Crippen LogP contribution in [0.3, 0.4) is 0 Å². The third kappa shape index (κ3) is 1.70. The number of aryl methyl sites for hydroxylation is 1. The fourth-order valence-electron chi connectivity index (χ4n) is 1.22. The fraction of sp³-hybridized carbons (Fsp3) is 0.333. The monoisotopic (exact) mass is 197 g/mol. The first-order valence-electron chi connectivity index (χ1n) is 3.98. The molecule has 0 fully saturated rings. The van der Waals surface area contributed by atoms with E-state index in [0.717, 1.165) is 0 Å². The first-order valence-corrected chi connectivity index (χ1v) is 3.98. The molecule has 1 rings (SSSR count). The summed E-state index contributed by atoms with van der Waals surface area (Å²) in [7, 11) is 0. The Morgan fingerprint density at radius 2 is 2.29 bits per heavy atom. The quantitative estimate of drug-likeness (QED) is 0.784. The Morgan fingerprint density at radius 1 is 1.64 bits per heavy atom. The average molecular weight is 197 g/mol. The van der Waals surface area contributed by atoms with Gasteiger partial charge in [-0.15, -0.1) is 0 Å². The SMILES string of the molecule is Cc1cnc(CN)c(C#N)c1C(F)F. The number of aromatic nitrogens is 1. The number of pyridine rings is 1. The van der Waals surface area contributed by atoms with E-state index in [-0.39, 0.29) is 23.4 Å². The van der Waals surface area contributed by atoms with Gasteiger partial charge in [0.15, 0.2) is 0 Å². The molecule has 0 bridgehead atoms. The number of nitriles is 1. The van der Waals surface area contributed by atoms with Crippen molar-refractivity contribution in [3.63, 3.8) is 0 Å². The molecule has 0 unspecified atom stereocenters. The van der Waals surface area contributed by atoms with Crippen molar-refractivity contribution in [1.29, 1.82) is 5.26 Å². The summed E-state index contributed by atoms with van der Waals surface area (Å²) < 4.78 is 25.1. The Bertz CT molecular complexity index is 382. The van der Waals surface area contributed by atoms with Gasteiger partial charge in [-0.05, 0) is 12.5 Å². The predicted molar refractivity (Wildman–Crippen MR) is 46.5 cm³/mol. The van der Waals surface area contributed by atoms with Gasteiger partial charge in [0, 0.05) is 18.3 Å². The first kappa shape index (κ1) is 10.5. The molecule has 1 aromatic heterocycles. The molecule has 0 aliphatic heterocycles. The molecule has 0 saturated heterocycles. The minimum atomic E-state index is -2.67. The zero-order valence-electron chi connectivity index (χ0n) is 7.59. The zero-order valence-corrected chi connectivity index (χ0v) is 7.59. The second-order valence-electron chi connectivity index (χ2n) is 2.79. The van der Waals surface area contributed by atoms with Gasteiger partial charge in [-0.2, -0.15) is 5.26 Å². The highest BCUT2D eigenvalue weighted by Crippen LogP contribution is 2.26. The van der Waals surface area contributed by atoms with Gasteiger partial charge >= 0.3 is 0 Å². The number of nitrogens with zero attached hydrogens (tertiary/aromatic N) is 2. The lowest BCUT2D eigenvalue weighted by Crippen LogP contribution is -2.07. The minimum Gasteiger partial charge on any atom is -0.325 e. The second-order valence-corrected chi connectivity index (χ2v) is 2.79. The van der Waals surface area contributed by atoms with E-state index < -0.39 is 6.43 Å². The second kappa shape index (κ2) is 4.11. The van der Waals surface area contributed by atoms with Crippen molar-refractivity contribution < 1.29 is 8.78 Å². The number of alkyl halides is 2. The number of hydrogen-bond acceptors (Lipinski definition) is 3. The summed E-state index contributed by atoms with van der Waals surface area (Å²) in [5.74, 6) is 0. The number of hydrogen-bond donors (Lipinski definition) is 1. The van der Waals surface area contributed by atoms with E-state index in [0.29, 0.717) is 5.56 Å². The molecule has 0 aliphatic carbocycles. The van der Waals surface area contributed by atoms with Crippen molar-refractivity contribution in [1.82, 2.24) is 4.98 Å². The molecule has 14 heavy (non-hydrogen) atoms. The molecule has 3 nitrogen and oxygen atoms in total. The first-order chi connectivity index (χ1) is 6.61. The van der Waals surface area contributed by atoms with E-state index in [2.05, 4.69) is 4.98 Å². The van der Waals surface area contributed by atoms with E-state index >= 15 is 0 Å². The van der Waals surface area contributed by atoms with Crippen molar-refractivity contribution in [2.75, 3.05) is 0 Å². The van der Waals surface area contributed by atoms with Crippen LogP contribution in [0.1, 0.15) is 28.8 Å². The van der Waals surface area contributed by atoms with Crippen LogP contribution in [0.4, 0.5) is 8.78 Å². The summed E-state index contributed by atoms with van der Waals surface area (Å²) >= 11 is 0. The normalized spacial score (nSPS) is 10.3. The molecular formula is C9H9F2N3. The van der Waals surface area contributed by atoms with Crippen molar-refractivity contribution >= 4 is 0 Å². The molecule has 0 aliphatic rings. The lowest BCUT2D eigenvalue weighted by molar-refractivity contribution is 0.150. The van der Waals surface area contributed by atoms with E-state index in [9.17, 15) is 8.78 Å². The molecule has 2 N–H and O–H groups in total. The molecule has 0 saturated carbocycles. The average Bonchev–Trinajstić information content (AvgIpc) is 2.16. The molecule has 1 aromatic rings. The highest BCUT2D eigenvalue weighted by Gasteiger charge is 2.19. The van der Waals surface area contributed by atoms with Crippen LogP contribution < -0.4 is 5.73 Å². The van der Waals surface area contributed by atoms with E-state index in [1.165, 1.54) is 13.1 Å². The van der Waals surface area contributed by atoms with Gasteiger partial charge in [0.2, 0.25) is 0 Å². The fourth-order valence-corrected chi connectivity index (χ4v) is 1.22. The Morgan fingerprint density at radius 3 is 2.71 bits per heavy atom. The molecule has 0 spiro atoms. The Kier molecular flexibility index (Phi) is 3.10. The lowest BCUT2D eigenvalue weighted by atomic mass is 10.0. The summed E-state index contributed by atoms with van der Waals surface area (Å²) in [6, 6.07) is 1.71. The topological polar surface area (TPSA) is 62.7 Å². The maximum Gasteiger partial charge on any atom is 0.265 e. The number of rotatable bonds is 2. The van der Waals surface area contributed by atoms with Gasteiger partial charge in [0.25, 0.3) is 6.43 Å². The van der Waals surface area contributed by atoms with Crippen LogP contribution in [0, 0.1) is 18.3 Å². The molecule has 5 heteroatoms. The maximum atomic E-state index is 12.6. The van der Waals surface area contributed by atoms with E-state index in [4.69, 9.17) is 11.0 Å². The van der Waals surface area contributed by atoms with Gasteiger partial charge < -0.3 is 5.73 Å². The van der Waals surface area contributed by atoms with Crippen molar-refractivity contribution in [2.24, 2.45) is 5.73 Å². The molecule has 0 aromatic carbocycles. The van der Waals surface area contributed by atoms with Crippen LogP contribution >= 0.6 is 0 Å². The molecule has 0 radical (unpaired) electrons. The van der Waals surface area contributed by atoms with Crippen LogP contribution in [0.2, 0.25) is 0 Å². The Labute approximate surface area is 80.2 Å². The summed E-state index contributed by atoms with van der Waals surface area (Å²) in [4.78, 5) is 3.83. The maximum absolute atomic E-state index is 12.6. The standard InChI is InChI=1S/C9H9F2N3/c1-5-4-14-7(3-13)6(2-12)8(5)9(10)11/h4,9H,3,13H2,1H3. The van der Waals surface area contributed by atoms with Gasteiger partial charge in [-0.3, -0.25) is 4.98 Å². The molecule has 0 amide bonds. The summed E-state index contributed by atoms with van der Waals surface area (Å²) in [5, 5.41) is 8.72. The van der Waals surface area contributed by atoms with Gasteiger partial charge in [0.1, 0.15) is 6.07 Å². The third-order valence-electron chi connectivity index (χ3n) is 1.92. The van der Waals surface area contributed by atoms with Gasteiger partial charge in [-0.25, -0.2) is 8.78 Å². The minimum absolute atomic E-state index is 0.0110. The largest absolute Gasteiger partial charge is 0.325 e. The Hall–Kier alpha value is -1.54. The summed E-state index contributed by atoms with van der Waals surface area (Å²) in [5.41, 5.74) is 5.46. The smallest absolute Gasteiger partial charge is 0.265 e. The van der Waals surface area contributed by atoms with Crippen molar-refractivity contribution in [3.05, 3.63) is 28.6 Å². The van der Waals surface area contributed by atoms with Crippen LogP contribution in [0.5, 0.6) is 0 Å². The van der Waals surface area contributed by atoms with Crippen molar-refractivity contribution in [3.8, 4) is 6.07 Å². The van der Waals surface area contributed by atoms with Crippen LogP contribution in [-0.4, -0.2) is 4.98 Å². The highest BCUT2D eigenvalue weighted by molar-refractivity contribution is 5.45. The Balaban J connectivity index is 3.45. The summed E-state index contributed by atoms with van der Waals surface area (Å²) in [6.45, 7) is 1.48. The van der Waals surface area contributed by atoms with Crippen LogP contribution in [-0.2, 0) is 6.54 Å². The van der Waals surface area contributed by atoms with E-state index in [1.807, 2.05) is 0 Å². The number of halogens is 2. The molecule has 74 valence electrons. The highest BCUT2D eigenvalue weighted by atomic mass is 19.3. The molecular weight excluding hydrogens is 188 g/mol. The van der Waals surface area contributed by atoms with Gasteiger partial charge in [0.05, 0.1) is 11.3 Å². The lowest BCUT2D eigenvalue weighted by Gasteiger charge is -2.09. The van der Waals surface area contributed by atoms with Crippen molar-refractivity contribution in [2.45, 2.75) is 19.9 Å². The summed E-state index contributed by atoms with van der Waals surface area (Å²) in [6.07, 6.45) is -1.36. The number of nitrogens with two attached hydrogens (primary N) is 1.